The topological polar surface area (TPSA) is 113 Å². The standard InChI is InChI=1S/C26H21ClN4O4/c1-13-10-16(15(3)34-20-7-8-21(27)30-22(20)26(28)33)25-17(11-13)23(32)14(2)24(35-25)18-12-29-31-9-5-4-6-19(18)31/h4-12,15H,1-3H3,(H2,28,33)/t15-/m1/s1. The summed E-state index contributed by atoms with van der Waals surface area (Å²) in [6, 6.07) is 12.4. The molecule has 8 nitrogen and oxygen atoms in total. The van der Waals surface area contributed by atoms with E-state index in [9.17, 15) is 9.59 Å². The van der Waals surface area contributed by atoms with E-state index in [4.69, 9.17) is 26.5 Å². The molecule has 4 aromatic heterocycles. The van der Waals surface area contributed by atoms with Crippen LogP contribution in [0.15, 0.2) is 64.1 Å². The smallest absolute Gasteiger partial charge is 0.271 e. The van der Waals surface area contributed by atoms with Crippen LogP contribution in [0.25, 0.3) is 27.8 Å². The lowest BCUT2D eigenvalue weighted by Gasteiger charge is -2.19. The third-order valence-electron chi connectivity index (χ3n) is 5.86. The van der Waals surface area contributed by atoms with Crippen molar-refractivity contribution in [2.45, 2.75) is 26.9 Å². The number of amides is 1. The highest BCUT2D eigenvalue weighted by Gasteiger charge is 2.23. The molecule has 0 fully saturated rings. The minimum atomic E-state index is -0.763. The number of nitrogens with zero attached hydrogens (tertiary/aromatic N) is 3. The van der Waals surface area contributed by atoms with Crippen LogP contribution in [0.4, 0.5) is 0 Å². The van der Waals surface area contributed by atoms with Crippen LogP contribution >= 0.6 is 11.6 Å². The van der Waals surface area contributed by atoms with Crippen LogP contribution in [0.5, 0.6) is 5.75 Å². The van der Waals surface area contributed by atoms with Gasteiger partial charge in [0.25, 0.3) is 5.91 Å². The molecule has 0 saturated heterocycles. The first-order valence-electron chi connectivity index (χ1n) is 10.9. The number of hydrogen-bond donors (Lipinski definition) is 1. The zero-order valence-electron chi connectivity index (χ0n) is 19.2. The van der Waals surface area contributed by atoms with Crippen LogP contribution in [0.1, 0.15) is 40.2 Å². The Bertz CT molecular complexity index is 1690. The van der Waals surface area contributed by atoms with Crippen LogP contribution in [0, 0.1) is 13.8 Å². The third kappa shape index (κ3) is 3.91. The summed E-state index contributed by atoms with van der Waals surface area (Å²) in [5, 5.41) is 4.94. The SMILES string of the molecule is Cc1cc([C@@H](C)Oc2ccc(Cl)nc2C(N)=O)c2oc(-c3cnn4ccccc34)c(C)c(=O)c2c1. The number of ether oxygens (including phenoxy) is 1. The first-order chi connectivity index (χ1) is 16.7. The van der Waals surface area contributed by atoms with Gasteiger partial charge in [0.2, 0.25) is 0 Å². The fourth-order valence-electron chi connectivity index (χ4n) is 4.18. The van der Waals surface area contributed by atoms with E-state index in [1.165, 1.54) is 12.1 Å². The molecule has 4 heterocycles. The Labute approximate surface area is 204 Å². The van der Waals surface area contributed by atoms with Crippen LogP contribution in [-0.2, 0) is 0 Å². The summed E-state index contributed by atoms with van der Waals surface area (Å²) in [6.45, 7) is 5.43. The van der Waals surface area contributed by atoms with Gasteiger partial charge >= 0.3 is 0 Å². The van der Waals surface area contributed by atoms with Crippen molar-refractivity contribution < 1.29 is 13.9 Å². The quantitative estimate of drug-likeness (QED) is 0.348. The van der Waals surface area contributed by atoms with Crippen molar-refractivity contribution in [1.29, 1.82) is 0 Å². The highest BCUT2D eigenvalue weighted by Crippen LogP contribution is 2.34. The number of halogens is 1. The molecular formula is C26H21ClN4O4. The largest absolute Gasteiger partial charge is 0.483 e. The van der Waals surface area contributed by atoms with E-state index in [0.29, 0.717) is 33.4 Å². The number of aromatic nitrogens is 3. The maximum absolute atomic E-state index is 13.4. The lowest BCUT2D eigenvalue weighted by atomic mass is 10.00. The van der Waals surface area contributed by atoms with Gasteiger partial charge in [-0.05, 0) is 62.7 Å². The van der Waals surface area contributed by atoms with E-state index in [1.807, 2.05) is 37.4 Å². The van der Waals surface area contributed by atoms with Gasteiger partial charge < -0.3 is 14.9 Å². The number of rotatable bonds is 5. The molecule has 9 heteroatoms. The fourth-order valence-corrected chi connectivity index (χ4v) is 4.33. The Balaban J connectivity index is 1.69. The molecule has 0 aliphatic rings. The summed E-state index contributed by atoms with van der Waals surface area (Å²) in [4.78, 5) is 29.3. The van der Waals surface area contributed by atoms with Crippen molar-refractivity contribution in [3.8, 4) is 17.1 Å². The predicted octanol–water partition coefficient (Wildman–Crippen LogP) is 5.01. The summed E-state index contributed by atoms with van der Waals surface area (Å²) < 4.78 is 14.2. The second kappa shape index (κ2) is 8.56. The molecule has 5 rings (SSSR count). The first-order valence-corrected chi connectivity index (χ1v) is 11.3. The van der Waals surface area contributed by atoms with E-state index < -0.39 is 12.0 Å². The molecule has 35 heavy (non-hydrogen) atoms. The number of primary amides is 1. The second-order valence-electron chi connectivity index (χ2n) is 8.31. The van der Waals surface area contributed by atoms with E-state index in [1.54, 1.807) is 30.6 Å². The Morgan fingerprint density at radius 2 is 2.00 bits per heavy atom. The Hall–Kier alpha value is -4.17. The average Bonchev–Trinajstić information content (AvgIpc) is 3.26. The van der Waals surface area contributed by atoms with E-state index in [-0.39, 0.29) is 22.0 Å². The summed E-state index contributed by atoms with van der Waals surface area (Å²) in [7, 11) is 0. The van der Waals surface area contributed by atoms with Crippen molar-refractivity contribution in [2.75, 3.05) is 0 Å². The van der Waals surface area contributed by atoms with Gasteiger partial charge in [-0.25, -0.2) is 9.50 Å². The lowest BCUT2D eigenvalue weighted by molar-refractivity contribution is 0.0988. The highest BCUT2D eigenvalue weighted by atomic mass is 35.5. The van der Waals surface area contributed by atoms with Gasteiger partial charge in [0.1, 0.15) is 22.6 Å². The maximum atomic E-state index is 13.4. The van der Waals surface area contributed by atoms with Crippen molar-refractivity contribution in [3.63, 3.8) is 0 Å². The van der Waals surface area contributed by atoms with Gasteiger partial charge in [-0.3, -0.25) is 9.59 Å². The molecule has 0 radical (unpaired) electrons. The Kier molecular flexibility index (Phi) is 5.53. The number of nitrogens with two attached hydrogens (primary N) is 1. The lowest BCUT2D eigenvalue weighted by Crippen LogP contribution is -2.17. The maximum Gasteiger partial charge on any atom is 0.271 e. The highest BCUT2D eigenvalue weighted by molar-refractivity contribution is 6.29. The summed E-state index contributed by atoms with van der Waals surface area (Å²) in [6.07, 6.45) is 2.90. The third-order valence-corrected chi connectivity index (χ3v) is 6.07. The van der Waals surface area contributed by atoms with Crippen LogP contribution in [0.3, 0.4) is 0 Å². The van der Waals surface area contributed by atoms with Gasteiger partial charge in [0.15, 0.2) is 16.9 Å². The van der Waals surface area contributed by atoms with Gasteiger partial charge in [-0.15, -0.1) is 0 Å². The first kappa shape index (κ1) is 22.6. The van der Waals surface area contributed by atoms with Gasteiger partial charge in [0.05, 0.1) is 22.7 Å². The molecule has 0 bridgehead atoms. The van der Waals surface area contributed by atoms with Crippen LogP contribution < -0.4 is 15.9 Å². The van der Waals surface area contributed by atoms with Crippen molar-refractivity contribution in [2.24, 2.45) is 5.73 Å². The average molecular weight is 489 g/mol. The van der Waals surface area contributed by atoms with Crippen LogP contribution in [0.2, 0.25) is 5.15 Å². The molecule has 1 aromatic carbocycles. The molecule has 1 amide bonds. The van der Waals surface area contributed by atoms with Gasteiger partial charge in [-0.2, -0.15) is 5.10 Å². The van der Waals surface area contributed by atoms with Gasteiger partial charge in [-0.1, -0.05) is 17.7 Å². The van der Waals surface area contributed by atoms with Crippen molar-refractivity contribution in [3.05, 3.63) is 92.6 Å². The number of carbonyl (C=O) groups is 1. The minimum Gasteiger partial charge on any atom is -0.483 e. The number of aryl methyl sites for hydroxylation is 1. The second-order valence-corrected chi connectivity index (χ2v) is 8.70. The normalized spacial score (nSPS) is 12.2. The zero-order chi connectivity index (χ0) is 24.9. The molecule has 176 valence electrons. The van der Waals surface area contributed by atoms with Crippen molar-refractivity contribution in [1.82, 2.24) is 14.6 Å². The molecule has 1 atom stereocenters. The molecule has 0 unspecified atom stereocenters. The summed E-state index contributed by atoms with van der Waals surface area (Å²) in [5.74, 6) is -0.144. The van der Waals surface area contributed by atoms with E-state index in [2.05, 4.69) is 10.1 Å². The minimum absolute atomic E-state index is 0.0781. The molecular weight excluding hydrogens is 468 g/mol. The molecule has 0 saturated carbocycles. The number of fused-ring (bicyclic) bond motifs is 2. The van der Waals surface area contributed by atoms with E-state index in [0.717, 1.165) is 11.1 Å². The number of benzene rings is 1. The van der Waals surface area contributed by atoms with Gasteiger partial charge in [0, 0.05) is 17.3 Å². The number of pyridine rings is 2. The molecule has 0 spiro atoms. The Morgan fingerprint density at radius 1 is 1.20 bits per heavy atom. The molecule has 0 aliphatic heterocycles. The molecule has 2 N–H and O–H groups in total. The van der Waals surface area contributed by atoms with E-state index >= 15 is 0 Å². The van der Waals surface area contributed by atoms with Crippen LogP contribution in [-0.4, -0.2) is 20.5 Å². The number of carbonyl (C=O) groups excluding carboxylic acids is 1. The molecule has 0 aliphatic carbocycles. The monoisotopic (exact) mass is 488 g/mol. The summed E-state index contributed by atoms with van der Waals surface area (Å²) >= 11 is 5.92. The Morgan fingerprint density at radius 3 is 2.77 bits per heavy atom. The van der Waals surface area contributed by atoms with Crippen molar-refractivity contribution >= 4 is 34.0 Å². The number of hydrogen-bond acceptors (Lipinski definition) is 6. The molecule has 5 aromatic rings. The zero-order valence-corrected chi connectivity index (χ0v) is 20.0. The fraction of sp³-hybridized carbons (Fsp3) is 0.154. The summed E-state index contributed by atoms with van der Waals surface area (Å²) in [5.41, 5.74) is 9.15. The predicted molar refractivity (Wildman–Crippen MR) is 133 cm³/mol.